The Kier molecular flexibility index (Phi) is 12.1. The molecule has 0 bridgehead atoms. The SMILES string of the molecule is CCCCCCCCCCCCCCCC(=O)NCCc1cn(O)c2ccccc12. The van der Waals surface area contributed by atoms with Crippen molar-refractivity contribution in [2.75, 3.05) is 6.54 Å². The molecule has 0 unspecified atom stereocenters. The Labute approximate surface area is 183 Å². The van der Waals surface area contributed by atoms with Crippen molar-refractivity contribution in [3.63, 3.8) is 0 Å². The number of para-hydroxylation sites is 1. The second kappa shape index (κ2) is 14.9. The lowest BCUT2D eigenvalue weighted by molar-refractivity contribution is -0.121. The van der Waals surface area contributed by atoms with Crippen molar-refractivity contribution in [2.24, 2.45) is 0 Å². The van der Waals surface area contributed by atoms with Crippen molar-refractivity contribution in [2.45, 2.75) is 103 Å². The number of nitrogens with one attached hydrogen (secondary N) is 1. The summed E-state index contributed by atoms with van der Waals surface area (Å²) < 4.78 is 1.17. The Morgan fingerprint density at radius 2 is 1.43 bits per heavy atom. The molecule has 4 nitrogen and oxygen atoms in total. The molecule has 0 atom stereocenters. The van der Waals surface area contributed by atoms with Crippen LogP contribution < -0.4 is 5.32 Å². The third kappa shape index (κ3) is 9.23. The summed E-state index contributed by atoms with van der Waals surface area (Å²) in [7, 11) is 0. The summed E-state index contributed by atoms with van der Waals surface area (Å²) in [5.41, 5.74) is 1.88. The minimum absolute atomic E-state index is 0.144. The fraction of sp³-hybridized carbons (Fsp3) is 0.654. The molecule has 0 spiro atoms. The number of carbonyl (C=O) groups is 1. The molecule has 0 fully saturated rings. The van der Waals surface area contributed by atoms with E-state index in [4.69, 9.17) is 0 Å². The van der Waals surface area contributed by atoms with Crippen molar-refractivity contribution in [3.05, 3.63) is 36.0 Å². The van der Waals surface area contributed by atoms with Gasteiger partial charge in [-0.3, -0.25) is 4.79 Å². The molecule has 0 saturated carbocycles. The largest absolute Gasteiger partial charge is 0.428 e. The maximum atomic E-state index is 12.0. The Hall–Kier alpha value is -1.97. The molecule has 30 heavy (non-hydrogen) atoms. The first-order valence-corrected chi connectivity index (χ1v) is 12.3. The molecule has 1 aromatic heterocycles. The minimum Gasteiger partial charge on any atom is -0.428 e. The standard InChI is InChI=1S/C26H42N2O2/c1-2-3-4-5-6-7-8-9-10-11-12-13-14-19-26(29)27-21-20-23-22-28(30)25-18-16-15-17-24(23)25/h15-18,22,30H,2-14,19-21H2,1H3,(H,27,29). The highest BCUT2D eigenvalue weighted by Crippen LogP contribution is 2.20. The summed E-state index contributed by atoms with van der Waals surface area (Å²) >= 11 is 0. The lowest BCUT2D eigenvalue weighted by atomic mass is 10.0. The molecule has 4 heteroatoms. The zero-order chi connectivity index (χ0) is 21.4. The van der Waals surface area contributed by atoms with E-state index in [0.717, 1.165) is 35.7 Å². The van der Waals surface area contributed by atoms with Gasteiger partial charge in [-0.15, -0.1) is 0 Å². The van der Waals surface area contributed by atoms with Gasteiger partial charge in [-0.25, -0.2) is 0 Å². The molecular formula is C26H42N2O2. The number of carbonyl (C=O) groups excluding carboxylic acids is 1. The van der Waals surface area contributed by atoms with E-state index < -0.39 is 0 Å². The monoisotopic (exact) mass is 414 g/mol. The molecular weight excluding hydrogens is 372 g/mol. The van der Waals surface area contributed by atoms with Gasteiger partial charge in [-0.05, 0) is 24.5 Å². The zero-order valence-corrected chi connectivity index (χ0v) is 19.0. The van der Waals surface area contributed by atoms with Crippen LogP contribution in [0.2, 0.25) is 0 Å². The Morgan fingerprint density at radius 3 is 2.07 bits per heavy atom. The number of hydrogen-bond acceptors (Lipinski definition) is 2. The average molecular weight is 415 g/mol. The van der Waals surface area contributed by atoms with Crippen LogP contribution in [0.3, 0.4) is 0 Å². The molecule has 2 aromatic rings. The molecule has 0 aliphatic rings. The van der Waals surface area contributed by atoms with E-state index >= 15 is 0 Å². The third-order valence-corrected chi connectivity index (χ3v) is 6.00. The van der Waals surface area contributed by atoms with E-state index in [1.807, 2.05) is 24.3 Å². The van der Waals surface area contributed by atoms with Gasteiger partial charge in [0.15, 0.2) is 0 Å². The van der Waals surface area contributed by atoms with Crippen LogP contribution in [0.1, 0.15) is 102 Å². The Balaban J connectivity index is 1.42. The quantitative estimate of drug-likeness (QED) is 0.216. The molecule has 0 aliphatic heterocycles. The molecule has 0 saturated heterocycles. The van der Waals surface area contributed by atoms with E-state index in [1.165, 1.54) is 75.4 Å². The lowest BCUT2D eigenvalue weighted by Gasteiger charge is -2.05. The first kappa shape index (κ1) is 24.3. The van der Waals surface area contributed by atoms with Crippen LogP contribution in [0.5, 0.6) is 0 Å². The number of benzene rings is 1. The van der Waals surface area contributed by atoms with Crippen LogP contribution in [0, 0.1) is 0 Å². The summed E-state index contributed by atoms with van der Waals surface area (Å²) in [6.07, 6.45) is 20.3. The molecule has 2 N–H and O–H groups in total. The van der Waals surface area contributed by atoms with Crippen molar-refractivity contribution >= 4 is 16.8 Å². The number of fused-ring (bicyclic) bond motifs is 1. The molecule has 1 aromatic carbocycles. The topological polar surface area (TPSA) is 54.3 Å². The van der Waals surface area contributed by atoms with Gasteiger partial charge < -0.3 is 10.5 Å². The highest BCUT2D eigenvalue weighted by Gasteiger charge is 2.08. The molecule has 0 aliphatic carbocycles. The maximum Gasteiger partial charge on any atom is 0.220 e. The van der Waals surface area contributed by atoms with Gasteiger partial charge in [-0.2, -0.15) is 4.73 Å². The summed E-state index contributed by atoms with van der Waals surface area (Å²) in [5, 5.41) is 14.0. The minimum atomic E-state index is 0.144. The number of amides is 1. The molecule has 1 heterocycles. The number of unbranched alkanes of at least 4 members (excludes halogenated alkanes) is 12. The van der Waals surface area contributed by atoms with Crippen LogP contribution in [0.15, 0.2) is 30.5 Å². The number of hydrogen-bond donors (Lipinski definition) is 2. The van der Waals surface area contributed by atoms with Gasteiger partial charge in [0.1, 0.15) is 0 Å². The van der Waals surface area contributed by atoms with E-state index in [9.17, 15) is 10.0 Å². The summed E-state index contributed by atoms with van der Waals surface area (Å²) in [4.78, 5) is 12.0. The summed E-state index contributed by atoms with van der Waals surface area (Å²) in [5.74, 6) is 0.144. The fourth-order valence-corrected chi connectivity index (χ4v) is 4.16. The third-order valence-electron chi connectivity index (χ3n) is 6.00. The second-order valence-corrected chi connectivity index (χ2v) is 8.61. The van der Waals surface area contributed by atoms with Crippen molar-refractivity contribution in [1.82, 2.24) is 10.0 Å². The Morgan fingerprint density at radius 1 is 0.867 bits per heavy atom. The maximum absolute atomic E-state index is 12.0. The van der Waals surface area contributed by atoms with Crippen LogP contribution >= 0.6 is 0 Å². The van der Waals surface area contributed by atoms with Gasteiger partial charge in [0.25, 0.3) is 0 Å². The number of nitrogens with zero attached hydrogens (tertiary/aromatic N) is 1. The number of aromatic nitrogens is 1. The van der Waals surface area contributed by atoms with Gasteiger partial charge in [0.2, 0.25) is 5.91 Å². The van der Waals surface area contributed by atoms with Crippen LogP contribution in [0.25, 0.3) is 10.9 Å². The van der Waals surface area contributed by atoms with Crippen LogP contribution in [-0.2, 0) is 11.2 Å². The smallest absolute Gasteiger partial charge is 0.220 e. The van der Waals surface area contributed by atoms with E-state index in [1.54, 1.807) is 6.20 Å². The first-order chi connectivity index (χ1) is 14.7. The van der Waals surface area contributed by atoms with Crippen molar-refractivity contribution in [3.8, 4) is 0 Å². The van der Waals surface area contributed by atoms with Gasteiger partial charge >= 0.3 is 0 Å². The predicted octanol–water partition coefficient (Wildman–Crippen LogP) is 7.02. The molecule has 0 radical (unpaired) electrons. The van der Waals surface area contributed by atoms with Gasteiger partial charge in [-0.1, -0.05) is 102 Å². The highest BCUT2D eigenvalue weighted by atomic mass is 16.5. The molecule has 2 rings (SSSR count). The second-order valence-electron chi connectivity index (χ2n) is 8.61. The number of rotatable bonds is 17. The summed E-state index contributed by atoms with van der Waals surface area (Å²) in [6, 6.07) is 7.79. The van der Waals surface area contributed by atoms with Crippen molar-refractivity contribution < 1.29 is 10.0 Å². The van der Waals surface area contributed by atoms with Crippen molar-refractivity contribution in [1.29, 1.82) is 0 Å². The Bertz CT molecular complexity index is 723. The first-order valence-electron chi connectivity index (χ1n) is 12.3. The van der Waals surface area contributed by atoms with E-state index in [2.05, 4.69) is 12.2 Å². The zero-order valence-electron chi connectivity index (χ0n) is 19.0. The normalized spacial score (nSPS) is 11.2. The molecule has 168 valence electrons. The van der Waals surface area contributed by atoms with Crippen LogP contribution in [-0.4, -0.2) is 22.4 Å². The summed E-state index contributed by atoms with van der Waals surface area (Å²) in [6.45, 7) is 2.89. The van der Waals surface area contributed by atoms with E-state index in [0.29, 0.717) is 13.0 Å². The van der Waals surface area contributed by atoms with Crippen LogP contribution in [0.4, 0.5) is 0 Å². The molecule has 1 amide bonds. The average Bonchev–Trinajstić information content (AvgIpc) is 3.07. The highest BCUT2D eigenvalue weighted by molar-refractivity contribution is 5.83. The van der Waals surface area contributed by atoms with Gasteiger partial charge in [0, 0.05) is 24.5 Å². The fourth-order valence-electron chi connectivity index (χ4n) is 4.16. The van der Waals surface area contributed by atoms with Gasteiger partial charge in [0.05, 0.1) is 5.52 Å². The predicted molar refractivity (Wildman–Crippen MR) is 126 cm³/mol. The lowest BCUT2D eigenvalue weighted by Crippen LogP contribution is -2.25. The van der Waals surface area contributed by atoms with E-state index in [-0.39, 0.29) is 5.91 Å².